The zero-order chi connectivity index (χ0) is 20.2. The Morgan fingerprint density at radius 2 is 1.93 bits per heavy atom. The zero-order valence-corrected chi connectivity index (χ0v) is 17.5. The summed E-state index contributed by atoms with van der Waals surface area (Å²) in [6.07, 6.45) is 10.4. The highest BCUT2D eigenvalue weighted by Crippen LogP contribution is 2.33. The second kappa shape index (κ2) is 8.95. The van der Waals surface area contributed by atoms with Crippen LogP contribution in [0.5, 0.6) is 0 Å². The van der Waals surface area contributed by atoms with Crippen molar-refractivity contribution in [1.82, 2.24) is 19.4 Å². The second-order valence-corrected chi connectivity index (χ2v) is 8.16. The maximum Gasteiger partial charge on any atom is 0.270 e. The Labute approximate surface area is 172 Å². The number of carbonyl (C=O) groups excluding carboxylic acids is 1. The predicted octanol–water partition coefficient (Wildman–Crippen LogP) is 3.06. The van der Waals surface area contributed by atoms with Crippen LogP contribution in [0.15, 0.2) is 24.7 Å². The summed E-state index contributed by atoms with van der Waals surface area (Å²) in [5, 5.41) is 0. The summed E-state index contributed by atoms with van der Waals surface area (Å²) in [7, 11) is 1.90. The number of morpholine rings is 1. The molecule has 7 nitrogen and oxygen atoms in total. The third kappa shape index (κ3) is 4.78. The van der Waals surface area contributed by atoms with Crippen molar-refractivity contribution in [3.63, 3.8) is 0 Å². The van der Waals surface area contributed by atoms with Gasteiger partial charge in [0.1, 0.15) is 5.69 Å². The molecule has 0 radical (unpaired) electrons. The van der Waals surface area contributed by atoms with Crippen molar-refractivity contribution in [3.05, 3.63) is 30.4 Å². The van der Waals surface area contributed by atoms with Gasteiger partial charge in [-0.2, -0.15) is 0 Å². The van der Waals surface area contributed by atoms with Crippen LogP contribution in [0.3, 0.4) is 0 Å². The quantitative estimate of drug-likeness (QED) is 0.685. The Morgan fingerprint density at radius 1 is 1.21 bits per heavy atom. The number of amides is 1. The van der Waals surface area contributed by atoms with Gasteiger partial charge in [0.05, 0.1) is 13.2 Å². The van der Waals surface area contributed by atoms with Crippen molar-refractivity contribution in [2.45, 2.75) is 39.2 Å². The number of hydrogen-bond donors (Lipinski definition) is 0. The SMILES string of the molecule is CCCCN(C)C(=O)c1cc(-c2cnc(N3CCOCC3)nc2)cn1CC1CC1. The van der Waals surface area contributed by atoms with Gasteiger partial charge < -0.3 is 19.1 Å². The Balaban J connectivity index is 1.55. The Morgan fingerprint density at radius 3 is 2.59 bits per heavy atom. The van der Waals surface area contributed by atoms with Crippen LogP contribution >= 0.6 is 0 Å². The first-order valence-corrected chi connectivity index (χ1v) is 10.8. The molecule has 29 heavy (non-hydrogen) atoms. The molecule has 1 aliphatic heterocycles. The minimum Gasteiger partial charge on any atom is -0.378 e. The average Bonchev–Trinajstić information content (AvgIpc) is 3.49. The fraction of sp³-hybridized carbons (Fsp3) is 0.591. The van der Waals surface area contributed by atoms with Gasteiger partial charge in [0.15, 0.2) is 0 Å². The van der Waals surface area contributed by atoms with Crippen molar-refractivity contribution in [3.8, 4) is 11.1 Å². The molecule has 0 unspecified atom stereocenters. The largest absolute Gasteiger partial charge is 0.378 e. The highest BCUT2D eigenvalue weighted by atomic mass is 16.5. The molecule has 0 aromatic carbocycles. The number of carbonyl (C=O) groups is 1. The van der Waals surface area contributed by atoms with E-state index in [1.807, 2.05) is 30.4 Å². The molecule has 2 aromatic heterocycles. The van der Waals surface area contributed by atoms with Crippen LogP contribution < -0.4 is 4.90 Å². The smallest absolute Gasteiger partial charge is 0.270 e. The molecule has 2 aliphatic rings. The molecule has 7 heteroatoms. The number of nitrogens with zero attached hydrogens (tertiary/aromatic N) is 5. The van der Waals surface area contributed by atoms with Crippen LogP contribution in [0, 0.1) is 5.92 Å². The highest BCUT2D eigenvalue weighted by Gasteiger charge is 2.25. The number of anilines is 1. The predicted molar refractivity (Wildman–Crippen MR) is 113 cm³/mol. The van der Waals surface area contributed by atoms with Crippen molar-refractivity contribution < 1.29 is 9.53 Å². The molecule has 0 spiro atoms. The Kier molecular flexibility index (Phi) is 6.13. The minimum absolute atomic E-state index is 0.0937. The standard InChI is InChI=1S/C22H31N5O2/c1-3-4-7-25(2)21(28)20-12-18(16-27(20)15-17-5-6-17)19-13-23-22(24-14-19)26-8-10-29-11-9-26/h12-14,16-17H,3-11,15H2,1-2H3. The van der Waals surface area contributed by atoms with E-state index in [1.54, 1.807) is 0 Å². The molecule has 1 saturated carbocycles. The molecule has 2 aromatic rings. The van der Waals surface area contributed by atoms with E-state index in [-0.39, 0.29) is 5.91 Å². The molecule has 1 amide bonds. The van der Waals surface area contributed by atoms with E-state index in [2.05, 4.69) is 32.6 Å². The summed E-state index contributed by atoms with van der Waals surface area (Å²) in [4.78, 5) is 26.1. The molecule has 0 atom stereocenters. The lowest BCUT2D eigenvalue weighted by molar-refractivity contribution is 0.0782. The summed E-state index contributed by atoms with van der Waals surface area (Å²) in [5.41, 5.74) is 2.72. The van der Waals surface area contributed by atoms with Crippen LogP contribution in [0.2, 0.25) is 0 Å². The number of ether oxygens (including phenoxy) is 1. The van der Waals surface area contributed by atoms with Gasteiger partial charge >= 0.3 is 0 Å². The van der Waals surface area contributed by atoms with E-state index >= 15 is 0 Å². The van der Waals surface area contributed by atoms with E-state index in [4.69, 9.17) is 4.74 Å². The number of unbranched alkanes of at least 4 members (excludes halogenated alkanes) is 1. The number of hydrogen-bond acceptors (Lipinski definition) is 5. The maximum absolute atomic E-state index is 13.0. The summed E-state index contributed by atoms with van der Waals surface area (Å²) in [6.45, 7) is 6.91. The van der Waals surface area contributed by atoms with Crippen molar-refractivity contribution in [2.75, 3.05) is 44.8 Å². The molecule has 1 aliphatic carbocycles. The Hall–Kier alpha value is -2.41. The molecular formula is C22H31N5O2. The lowest BCUT2D eigenvalue weighted by Crippen LogP contribution is -2.37. The second-order valence-electron chi connectivity index (χ2n) is 8.16. The summed E-state index contributed by atoms with van der Waals surface area (Å²) in [6, 6.07) is 2.00. The average molecular weight is 398 g/mol. The maximum atomic E-state index is 13.0. The van der Waals surface area contributed by atoms with E-state index in [0.717, 1.165) is 61.8 Å². The van der Waals surface area contributed by atoms with Gasteiger partial charge in [-0.1, -0.05) is 13.3 Å². The first-order chi connectivity index (χ1) is 14.2. The number of rotatable bonds is 8. The molecule has 0 N–H and O–H groups in total. The third-order valence-electron chi connectivity index (χ3n) is 5.73. The first kappa shape index (κ1) is 19.9. The fourth-order valence-corrected chi connectivity index (χ4v) is 3.67. The topological polar surface area (TPSA) is 63.5 Å². The van der Waals surface area contributed by atoms with Gasteiger partial charge in [0.2, 0.25) is 5.95 Å². The van der Waals surface area contributed by atoms with E-state index in [0.29, 0.717) is 19.1 Å². The summed E-state index contributed by atoms with van der Waals surface area (Å²) >= 11 is 0. The number of aromatic nitrogens is 3. The summed E-state index contributed by atoms with van der Waals surface area (Å²) < 4.78 is 7.53. The van der Waals surface area contributed by atoms with Crippen molar-refractivity contribution in [1.29, 1.82) is 0 Å². The lowest BCUT2D eigenvalue weighted by atomic mass is 10.2. The van der Waals surface area contributed by atoms with E-state index in [1.165, 1.54) is 12.8 Å². The molecule has 156 valence electrons. The molecule has 0 bridgehead atoms. The fourth-order valence-electron chi connectivity index (χ4n) is 3.67. The van der Waals surface area contributed by atoms with Crippen molar-refractivity contribution >= 4 is 11.9 Å². The van der Waals surface area contributed by atoms with Gasteiger partial charge in [-0.25, -0.2) is 9.97 Å². The normalized spacial score (nSPS) is 16.8. The van der Waals surface area contributed by atoms with Crippen LogP contribution in [-0.2, 0) is 11.3 Å². The monoisotopic (exact) mass is 397 g/mol. The van der Waals surface area contributed by atoms with E-state index < -0.39 is 0 Å². The van der Waals surface area contributed by atoms with Crippen LogP contribution in [0.25, 0.3) is 11.1 Å². The molecular weight excluding hydrogens is 366 g/mol. The van der Waals surface area contributed by atoms with Gasteiger partial charge in [-0.05, 0) is 31.2 Å². The van der Waals surface area contributed by atoms with Gasteiger partial charge in [-0.15, -0.1) is 0 Å². The molecule has 1 saturated heterocycles. The Bertz CT molecular complexity index is 822. The zero-order valence-electron chi connectivity index (χ0n) is 17.5. The third-order valence-corrected chi connectivity index (χ3v) is 5.73. The molecule has 4 rings (SSSR count). The minimum atomic E-state index is 0.0937. The molecule has 2 fully saturated rings. The van der Waals surface area contributed by atoms with E-state index in [9.17, 15) is 4.79 Å². The lowest BCUT2D eigenvalue weighted by Gasteiger charge is -2.26. The van der Waals surface area contributed by atoms with Crippen LogP contribution in [0.1, 0.15) is 43.1 Å². The molecule has 3 heterocycles. The van der Waals surface area contributed by atoms with Crippen molar-refractivity contribution in [2.24, 2.45) is 5.92 Å². The van der Waals surface area contributed by atoms with Gasteiger partial charge in [-0.3, -0.25) is 4.79 Å². The van der Waals surface area contributed by atoms with Crippen LogP contribution in [0.4, 0.5) is 5.95 Å². The van der Waals surface area contributed by atoms with Gasteiger partial charge in [0.25, 0.3) is 5.91 Å². The van der Waals surface area contributed by atoms with Gasteiger partial charge in [0, 0.05) is 62.9 Å². The summed E-state index contributed by atoms with van der Waals surface area (Å²) in [5.74, 6) is 1.53. The highest BCUT2D eigenvalue weighted by molar-refractivity contribution is 5.94. The first-order valence-electron chi connectivity index (χ1n) is 10.8. The van der Waals surface area contributed by atoms with Crippen LogP contribution in [-0.4, -0.2) is 65.2 Å².